The summed E-state index contributed by atoms with van der Waals surface area (Å²) in [5.41, 5.74) is 21.9. The average molecular weight is 1930 g/mol. The molecule has 137 heavy (non-hydrogen) atoms. The van der Waals surface area contributed by atoms with Crippen molar-refractivity contribution in [3.05, 3.63) is 334 Å². The number of aromatic nitrogens is 7. The number of halogens is 1. The number of fused-ring (bicyclic) bond motifs is 4. The fourth-order valence-corrected chi connectivity index (χ4v) is 22.1. The summed E-state index contributed by atoms with van der Waals surface area (Å²) in [5, 5.41) is 16.3. The van der Waals surface area contributed by atoms with E-state index in [1.54, 1.807) is 163 Å². The Kier molecular flexibility index (Phi) is 26.7. The van der Waals surface area contributed by atoms with Crippen molar-refractivity contribution in [1.82, 2.24) is 52.5 Å². The van der Waals surface area contributed by atoms with Crippen LogP contribution in [0.25, 0.3) is 88.6 Å². The number of amides is 4. The monoisotopic (exact) mass is 1930 g/mol. The van der Waals surface area contributed by atoms with E-state index in [0.29, 0.717) is 153 Å². The van der Waals surface area contributed by atoms with Gasteiger partial charge in [-0.15, -0.1) is 0 Å². The molecule has 36 heteroatoms. The molecule has 31 nitrogen and oxygen atoms in total. The van der Waals surface area contributed by atoms with E-state index in [1.165, 1.54) is 30.1 Å². The van der Waals surface area contributed by atoms with Gasteiger partial charge in [-0.3, -0.25) is 56.3 Å². The fraction of sp³-hybridized carbons (Fsp3) is 0.168. The lowest BCUT2D eigenvalue weighted by Crippen LogP contribution is -2.30. The number of nitrogens with one attached hydrogen (secondary N) is 6. The maximum Gasteiger partial charge on any atom is 0.303 e. The second-order valence-electron chi connectivity index (χ2n) is 33.3. The molecule has 0 radical (unpaired) electrons. The summed E-state index contributed by atoms with van der Waals surface area (Å²) in [6.45, 7) is 14.6. The first-order valence-electron chi connectivity index (χ1n) is 43.6. The standard InChI is InChI=1S/C27H26N4O3S.2C26H25N5O3S.C22H18ClN5O3S/c1-18-8-10-21(17-24(18)26-13-9-20-6-4-5-7-25(20)29-26)28-27(32)23-12-11-22(16-19(23)2)31-15-14-30(3)35(31,33)34;1-17-4-6-20(15-23(17)25-9-5-19-16-27-11-10-24(19)29-25)28-26(32)22-8-7-21(14-18(22)2)31-13-12-30(3)35(31,33)34;1-17-6-7-19(16-23(17)25-22-5-4-11-27-24(22)10-12-28-25)29-26(32)21-9-8-20(15-18(21)2)31-14-13-30(3)35(31,33)34;23-19-6-3-16(13-18(19)21-20-14(7-9-24-20)8-10-25-21)27-22(29)15-1-4-17(5-2-15)28-12-11-26-32(28,30)31/h4-13,16-17H,14-15H2,1-3H3,(H,28,32);4-11,14-16H,12-13H2,1-3H3,(H,28,32);4-12,15-16H,13-14H2,1-3H3,(H,29,32);1-10,13,24,26H,11-12H2,(H,27,29). The minimum absolute atomic E-state index is 0.253. The van der Waals surface area contributed by atoms with E-state index in [2.05, 4.69) is 50.9 Å². The summed E-state index contributed by atoms with van der Waals surface area (Å²) in [6.07, 6.45) is 10.5. The van der Waals surface area contributed by atoms with Crippen LogP contribution in [0.3, 0.4) is 0 Å². The molecule has 16 aromatic rings. The summed E-state index contributed by atoms with van der Waals surface area (Å²) in [5.74, 6) is -1.10. The third kappa shape index (κ3) is 19.8. The third-order valence-electron chi connectivity index (χ3n) is 24.3. The first-order chi connectivity index (χ1) is 65.6. The lowest BCUT2D eigenvalue weighted by molar-refractivity contribution is 0.101. The van der Waals surface area contributed by atoms with Gasteiger partial charge < -0.3 is 26.3 Å². The first-order valence-corrected chi connectivity index (χ1v) is 49.6. The topological polar surface area (TPSA) is 381 Å². The van der Waals surface area contributed by atoms with Crippen molar-refractivity contribution in [2.24, 2.45) is 0 Å². The number of hydrogen-bond acceptors (Lipinski definition) is 18. The van der Waals surface area contributed by atoms with E-state index < -0.39 is 40.8 Å². The molecule has 11 heterocycles. The number of anilines is 8. The SMILES string of the molecule is Cc1cc(N2CCN(C)S2(=O)=O)ccc1C(=O)Nc1ccc(C)c(-c2ccc3ccccc3n2)c1.Cc1cc(N2CCN(C)S2(=O)=O)ccc1C(=O)Nc1ccc(C)c(-c2ccc3cnccc3n2)c1.Cc1cc(N2CCN(C)S2(=O)=O)ccc1C(=O)Nc1ccc(C)c(-c2nccc3ncccc23)c1.O=C(Nc1ccc(Cl)c(-c2nccc3cc[nH]c23)c1)c1ccc(N2CCNS2(=O)=O)cc1. The number of pyridine rings is 6. The van der Waals surface area contributed by atoms with Gasteiger partial charge in [0.2, 0.25) is 0 Å². The van der Waals surface area contributed by atoms with Crippen LogP contribution < -0.4 is 43.2 Å². The molecular weight excluding hydrogens is 1830 g/mol. The van der Waals surface area contributed by atoms with E-state index in [9.17, 15) is 52.8 Å². The average Bonchev–Trinajstić information content (AvgIpc) is 1.60. The lowest BCUT2D eigenvalue weighted by atomic mass is 10.0. The summed E-state index contributed by atoms with van der Waals surface area (Å²) >= 11 is 6.43. The summed E-state index contributed by atoms with van der Waals surface area (Å²) in [7, 11) is -9.35. The van der Waals surface area contributed by atoms with E-state index >= 15 is 0 Å². The van der Waals surface area contributed by atoms with Crippen LogP contribution in [-0.2, 0) is 40.8 Å². The highest BCUT2D eigenvalue weighted by Crippen LogP contribution is 2.39. The van der Waals surface area contributed by atoms with Crippen LogP contribution in [-0.4, -0.2) is 179 Å². The van der Waals surface area contributed by atoms with Gasteiger partial charge in [0.25, 0.3) is 23.6 Å². The van der Waals surface area contributed by atoms with Crippen LogP contribution in [0.15, 0.2) is 274 Å². The molecule has 0 aliphatic carbocycles. The van der Waals surface area contributed by atoms with Crippen molar-refractivity contribution in [2.45, 2.75) is 41.5 Å². The van der Waals surface area contributed by atoms with Gasteiger partial charge in [0.05, 0.1) is 72.6 Å². The molecule has 4 amide bonds. The van der Waals surface area contributed by atoms with Crippen LogP contribution in [0, 0.1) is 41.5 Å². The maximum absolute atomic E-state index is 13.1. The summed E-state index contributed by atoms with van der Waals surface area (Å²) in [6, 6.07) is 71.5. The molecule has 4 fully saturated rings. The zero-order valence-corrected chi connectivity index (χ0v) is 79.9. The molecule has 4 aliphatic rings. The maximum atomic E-state index is 13.1. The van der Waals surface area contributed by atoms with Gasteiger partial charge in [-0.1, -0.05) is 54.1 Å². The number of H-pyrrole nitrogens is 1. The molecule has 0 unspecified atom stereocenters. The quantitative estimate of drug-likeness (QED) is 0.0523. The number of likely N-dealkylation sites (N-methyl/N-ethyl adjacent to an activating group) is 3. The Bertz CT molecular complexity index is 7750. The number of nitrogens with zero attached hydrogens (tertiary/aromatic N) is 13. The number of para-hydroxylation sites is 1. The Balaban J connectivity index is 0.000000127. The molecule has 4 aliphatic heterocycles. The highest BCUT2D eigenvalue weighted by Gasteiger charge is 2.38. The van der Waals surface area contributed by atoms with Gasteiger partial charge >= 0.3 is 40.8 Å². The molecule has 7 aromatic heterocycles. The number of hydrogen-bond donors (Lipinski definition) is 6. The van der Waals surface area contributed by atoms with Crippen LogP contribution >= 0.6 is 11.6 Å². The number of rotatable bonds is 16. The van der Waals surface area contributed by atoms with Gasteiger partial charge in [0, 0.05) is 199 Å². The van der Waals surface area contributed by atoms with Crippen molar-refractivity contribution in [3.8, 4) is 45.0 Å². The summed E-state index contributed by atoms with van der Waals surface area (Å²) in [4.78, 5) is 82.4. The molecule has 6 N–H and O–H groups in total. The third-order valence-corrected chi connectivity index (χ3v) is 31.9. The van der Waals surface area contributed by atoms with Gasteiger partial charge in [-0.05, 0) is 269 Å². The fourth-order valence-electron chi connectivity index (χ4n) is 16.6. The van der Waals surface area contributed by atoms with Crippen LogP contribution in [0.5, 0.6) is 0 Å². The Morgan fingerprint density at radius 2 is 0.810 bits per heavy atom. The predicted molar refractivity (Wildman–Crippen MR) is 541 cm³/mol. The van der Waals surface area contributed by atoms with Gasteiger partial charge in [0.15, 0.2) is 0 Å². The first kappa shape index (κ1) is 94.0. The number of aromatic amines is 1. The van der Waals surface area contributed by atoms with Crippen molar-refractivity contribution in [1.29, 1.82) is 0 Å². The van der Waals surface area contributed by atoms with E-state index in [0.717, 1.165) is 94.1 Å². The Labute approximate surface area is 798 Å². The Hall–Kier alpha value is -14.8. The molecular formula is C101H94ClN19O12S4. The van der Waals surface area contributed by atoms with Crippen molar-refractivity contribution in [3.63, 3.8) is 0 Å². The number of carbonyl (C=O) groups excluding carboxylic acids is 4. The second-order valence-corrected chi connectivity index (χ2v) is 41.3. The predicted octanol–water partition coefficient (Wildman–Crippen LogP) is 16.9. The highest BCUT2D eigenvalue weighted by atomic mass is 35.5. The van der Waals surface area contributed by atoms with E-state index in [-0.39, 0.29) is 23.6 Å². The Morgan fingerprint density at radius 3 is 1.31 bits per heavy atom. The minimum atomic E-state index is -3.51. The van der Waals surface area contributed by atoms with Crippen molar-refractivity contribution >= 4 is 165 Å². The second kappa shape index (κ2) is 38.9. The molecule has 4 saturated heterocycles. The largest absolute Gasteiger partial charge is 0.359 e. The summed E-state index contributed by atoms with van der Waals surface area (Å²) < 4.78 is 111. The lowest BCUT2D eigenvalue weighted by Gasteiger charge is -2.19. The number of carbonyl (C=O) groups is 4. The van der Waals surface area contributed by atoms with Gasteiger partial charge in [0.1, 0.15) is 0 Å². The molecule has 0 bridgehead atoms. The molecule has 0 atom stereocenters. The zero-order valence-electron chi connectivity index (χ0n) is 75.9. The van der Waals surface area contributed by atoms with E-state index in [4.69, 9.17) is 21.6 Å². The van der Waals surface area contributed by atoms with Crippen LogP contribution in [0.2, 0.25) is 5.02 Å². The number of aryl methyl sites for hydroxylation is 6. The molecule has 20 rings (SSSR count). The molecule has 0 spiro atoms. The van der Waals surface area contributed by atoms with Gasteiger partial charge in [-0.2, -0.15) is 51.3 Å². The van der Waals surface area contributed by atoms with Crippen LogP contribution in [0.4, 0.5) is 45.5 Å². The van der Waals surface area contributed by atoms with Crippen LogP contribution in [0.1, 0.15) is 74.8 Å². The van der Waals surface area contributed by atoms with E-state index in [1.807, 2.05) is 173 Å². The van der Waals surface area contributed by atoms with Gasteiger partial charge in [-0.25, -0.2) is 9.97 Å². The van der Waals surface area contributed by atoms with Crippen molar-refractivity contribution in [2.75, 3.05) is 112 Å². The zero-order chi connectivity index (χ0) is 96.5. The molecule has 9 aromatic carbocycles. The Morgan fingerprint density at radius 1 is 0.358 bits per heavy atom. The normalized spacial score (nSPS) is 15.4. The number of benzene rings is 9. The highest BCUT2D eigenvalue weighted by molar-refractivity contribution is 7.91. The molecule has 0 saturated carbocycles. The van der Waals surface area contributed by atoms with Crippen molar-refractivity contribution < 1.29 is 52.8 Å². The molecule has 696 valence electrons. The minimum Gasteiger partial charge on any atom is -0.359 e. The smallest absolute Gasteiger partial charge is 0.303 e.